The van der Waals surface area contributed by atoms with Crippen molar-refractivity contribution in [1.29, 1.82) is 0 Å². The summed E-state index contributed by atoms with van der Waals surface area (Å²) in [7, 11) is 1.27. The number of carboxylic acids is 1. The summed E-state index contributed by atoms with van der Waals surface area (Å²) < 4.78 is 16.2. The maximum atomic E-state index is 13.1. The summed E-state index contributed by atoms with van der Waals surface area (Å²) in [5, 5.41) is 11.6. The van der Waals surface area contributed by atoms with E-state index in [0.717, 1.165) is 4.90 Å². The molecule has 1 aromatic carbocycles. The van der Waals surface area contributed by atoms with Crippen LogP contribution in [0.4, 0.5) is 0 Å². The van der Waals surface area contributed by atoms with E-state index >= 15 is 0 Å². The lowest BCUT2D eigenvalue weighted by Gasteiger charge is -2.56. The molecule has 0 radical (unpaired) electrons. The molecule has 0 aliphatic carbocycles. The quantitative estimate of drug-likeness (QED) is 0.292. The van der Waals surface area contributed by atoms with E-state index in [0.29, 0.717) is 24.2 Å². The van der Waals surface area contributed by atoms with Crippen molar-refractivity contribution in [3.05, 3.63) is 41.6 Å². The number of aliphatic carboxylic acids is 1. The fraction of sp³-hybridized carbons (Fsp3) is 0.455. The number of rotatable bonds is 10. The van der Waals surface area contributed by atoms with Crippen LogP contribution < -0.4 is 10.1 Å². The van der Waals surface area contributed by atoms with Gasteiger partial charge in [0.15, 0.2) is 6.61 Å². The number of methoxy groups -OCH3 is 1. The van der Waals surface area contributed by atoms with Crippen molar-refractivity contribution in [2.45, 2.75) is 43.9 Å². The third-order valence-electron chi connectivity index (χ3n) is 5.27. The van der Waals surface area contributed by atoms with Crippen LogP contribution in [0, 0.1) is 0 Å². The molecule has 0 bridgehead atoms. The number of β-lactam (4-membered cyclic amide) rings is 1. The first kappa shape index (κ1) is 24.6. The van der Waals surface area contributed by atoms with E-state index < -0.39 is 41.0 Å². The Bertz CT molecular complexity index is 966. The third kappa shape index (κ3) is 4.83. The number of carboxylic acid groups (broad SMARTS) is 1. The Labute approximate surface area is 195 Å². The number of amides is 2. The van der Waals surface area contributed by atoms with Crippen molar-refractivity contribution in [3.63, 3.8) is 0 Å². The lowest BCUT2D eigenvalue weighted by Crippen LogP contribution is -2.81. The molecule has 10 nitrogen and oxygen atoms in total. The molecule has 11 heteroatoms. The number of thioether (sulfide) groups is 1. The van der Waals surface area contributed by atoms with Crippen LogP contribution in [0.1, 0.15) is 26.7 Å². The average Bonchev–Trinajstić information content (AvgIpc) is 2.80. The number of para-hydroxylation sites is 1. The van der Waals surface area contributed by atoms with Crippen LogP contribution in [0.2, 0.25) is 0 Å². The summed E-state index contributed by atoms with van der Waals surface area (Å²) in [6.45, 7) is 2.78. The highest BCUT2D eigenvalue weighted by molar-refractivity contribution is 8.00. The molecule has 178 valence electrons. The van der Waals surface area contributed by atoms with Gasteiger partial charge in [-0.1, -0.05) is 31.5 Å². The summed E-state index contributed by atoms with van der Waals surface area (Å²) in [6.07, 6.45) is 0.309. The number of hydrogen-bond acceptors (Lipinski definition) is 8. The van der Waals surface area contributed by atoms with Crippen molar-refractivity contribution in [2.75, 3.05) is 19.5 Å². The van der Waals surface area contributed by atoms with Crippen LogP contribution in [-0.2, 0) is 28.7 Å². The van der Waals surface area contributed by atoms with E-state index in [1.165, 1.54) is 25.8 Å². The number of nitrogens with one attached hydrogen (secondary N) is 1. The molecule has 2 aliphatic heterocycles. The Morgan fingerprint density at radius 3 is 2.58 bits per heavy atom. The van der Waals surface area contributed by atoms with E-state index in [-0.39, 0.29) is 18.1 Å². The summed E-state index contributed by atoms with van der Waals surface area (Å²) in [4.78, 5) is 50.4. The highest BCUT2D eigenvalue weighted by Crippen LogP contribution is 2.47. The van der Waals surface area contributed by atoms with Gasteiger partial charge in [-0.3, -0.25) is 19.3 Å². The number of esters is 1. The topological polar surface area (TPSA) is 131 Å². The summed E-state index contributed by atoms with van der Waals surface area (Å²) in [6, 6.07) is 8.70. The van der Waals surface area contributed by atoms with E-state index in [9.17, 15) is 24.3 Å². The Kier molecular flexibility index (Phi) is 7.65. The van der Waals surface area contributed by atoms with Crippen molar-refractivity contribution in [3.8, 4) is 5.75 Å². The maximum absolute atomic E-state index is 13.1. The molecule has 0 saturated carbocycles. The molecule has 33 heavy (non-hydrogen) atoms. The smallest absolute Gasteiger partial charge is 0.352 e. The minimum Gasteiger partial charge on any atom is -0.484 e. The average molecular weight is 479 g/mol. The second kappa shape index (κ2) is 10.3. The Morgan fingerprint density at radius 2 is 2.00 bits per heavy atom. The molecule has 1 aromatic rings. The molecular weight excluding hydrogens is 452 g/mol. The van der Waals surface area contributed by atoms with Crippen LogP contribution in [0.5, 0.6) is 5.75 Å². The number of benzene rings is 1. The fourth-order valence-electron chi connectivity index (χ4n) is 3.83. The molecule has 1 saturated heterocycles. The van der Waals surface area contributed by atoms with Gasteiger partial charge in [-0.2, -0.15) is 0 Å². The largest absolute Gasteiger partial charge is 0.484 e. The molecule has 3 atom stereocenters. The van der Waals surface area contributed by atoms with Gasteiger partial charge in [0.2, 0.25) is 0 Å². The van der Waals surface area contributed by atoms with E-state index in [1.807, 2.05) is 13.0 Å². The molecule has 2 N–H and O–H groups in total. The number of hydrogen-bond donors (Lipinski definition) is 2. The van der Waals surface area contributed by atoms with Crippen LogP contribution in [0.15, 0.2) is 41.6 Å². The normalized spacial score (nSPS) is 22.7. The SMILES string of the molecule is CCCC(OC(C)=O)C1=C(C(=O)O)N2C(=O)C(NC(=O)COc3ccccc3)(OC)[C@H]2SC1. The second-order valence-electron chi connectivity index (χ2n) is 7.49. The standard InChI is InChI=1S/C22H26N2O8S/c1-4-8-16(32-13(2)25)15-12-33-21-22(30-3,20(29)24(21)18(15)19(27)28)23-17(26)11-31-14-9-6-5-7-10-14/h5-7,9-10,16,21H,4,8,11-12H2,1-3H3,(H,23,26)(H,27,28)/t16?,21-,22?/m1/s1. The first-order chi connectivity index (χ1) is 15.7. The van der Waals surface area contributed by atoms with Gasteiger partial charge in [-0.05, 0) is 18.6 Å². The summed E-state index contributed by atoms with van der Waals surface area (Å²) >= 11 is 1.23. The zero-order chi connectivity index (χ0) is 24.2. The van der Waals surface area contributed by atoms with Gasteiger partial charge in [0.25, 0.3) is 17.5 Å². The lowest BCUT2D eigenvalue weighted by molar-refractivity contribution is -0.193. The molecule has 2 amide bonds. The molecular formula is C22H26N2O8S. The number of carbonyl (C=O) groups excluding carboxylic acids is 3. The van der Waals surface area contributed by atoms with E-state index in [2.05, 4.69) is 5.32 Å². The van der Waals surface area contributed by atoms with Crippen molar-refractivity contribution in [1.82, 2.24) is 10.2 Å². The maximum Gasteiger partial charge on any atom is 0.352 e. The first-order valence-corrected chi connectivity index (χ1v) is 11.4. The fourth-order valence-corrected chi connectivity index (χ4v) is 5.33. The van der Waals surface area contributed by atoms with Gasteiger partial charge >= 0.3 is 11.9 Å². The minimum atomic E-state index is -1.73. The Morgan fingerprint density at radius 1 is 1.30 bits per heavy atom. The molecule has 2 unspecified atom stereocenters. The highest BCUT2D eigenvalue weighted by Gasteiger charge is 2.67. The predicted molar refractivity (Wildman–Crippen MR) is 118 cm³/mol. The van der Waals surface area contributed by atoms with Gasteiger partial charge in [0.1, 0.15) is 22.9 Å². The van der Waals surface area contributed by atoms with Gasteiger partial charge in [-0.25, -0.2) is 4.79 Å². The zero-order valence-electron chi connectivity index (χ0n) is 18.5. The zero-order valence-corrected chi connectivity index (χ0v) is 19.3. The second-order valence-corrected chi connectivity index (χ2v) is 8.56. The van der Waals surface area contributed by atoms with Crippen LogP contribution in [-0.4, -0.2) is 70.4 Å². The van der Waals surface area contributed by atoms with Crippen molar-refractivity contribution in [2.24, 2.45) is 0 Å². The Balaban J connectivity index is 1.81. The number of fused-ring (bicyclic) bond motifs is 1. The van der Waals surface area contributed by atoms with Gasteiger partial charge < -0.3 is 24.6 Å². The van der Waals surface area contributed by atoms with Crippen LogP contribution in [0.25, 0.3) is 0 Å². The van der Waals surface area contributed by atoms with Gasteiger partial charge in [-0.15, -0.1) is 11.8 Å². The number of carbonyl (C=O) groups is 4. The number of nitrogens with zero attached hydrogens (tertiary/aromatic N) is 1. The van der Waals surface area contributed by atoms with Crippen molar-refractivity contribution >= 4 is 35.5 Å². The molecule has 0 aromatic heterocycles. The van der Waals surface area contributed by atoms with Crippen LogP contribution >= 0.6 is 11.8 Å². The number of ether oxygens (including phenoxy) is 3. The monoisotopic (exact) mass is 478 g/mol. The van der Waals surface area contributed by atoms with Gasteiger partial charge in [0.05, 0.1) is 0 Å². The predicted octanol–water partition coefficient (Wildman–Crippen LogP) is 1.51. The molecule has 0 spiro atoms. The highest BCUT2D eigenvalue weighted by atomic mass is 32.2. The lowest BCUT2D eigenvalue weighted by atomic mass is 9.95. The molecule has 2 heterocycles. The van der Waals surface area contributed by atoms with Crippen LogP contribution in [0.3, 0.4) is 0 Å². The minimum absolute atomic E-state index is 0.190. The molecule has 1 fully saturated rings. The molecule has 3 rings (SSSR count). The Hall–Kier alpha value is -3.05. The van der Waals surface area contributed by atoms with E-state index in [1.54, 1.807) is 24.3 Å². The first-order valence-electron chi connectivity index (χ1n) is 10.4. The van der Waals surface area contributed by atoms with Gasteiger partial charge in [0, 0.05) is 25.4 Å². The van der Waals surface area contributed by atoms with Crippen molar-refractivity contribution < 1.29 is 38.5 Å². The summed E-state index contributed by atoms with van der Waals surface area (Å²) in [5.41, 5.74) is -1.63. The summed E-state index contributed by atoms with van der Waals surface area (Å²) in [5.74, 6) is -2.49. The molecule has 2 aliphatic rings. The third-order valence-corrected chi connectivity index (χ3v) is 6.61. The van der Waals surface area contributed by atoms with E-state index in [4.69, 9.17) is 14.2 Å².